The molecule has 220 valence electrons. The van der Waals surface area contributed by atoms with Crippen LogP contribution in [0.25, 0.3) is 76.5 Å². The van der Waals surface area contributed by atoms with E-state index in [4.69, 9.17) is 8.83 Å². The Hall–Kier alpha value is -6.32. The van der Waals surface area contributed by atoms with E-state index in [9.17, 15) is 0 Å². The summed E-state index contributed by atoms with van der Waals surface area (Å²) in [6.45, 7) is 0. The first-order chi connectivity index (χ1) is 23.3. The monoisotopic (exact) mass is 601 g/mol. The van der Waals surface area contributed by atoms with Gasteiger partial charge in [-0.05, 0) is 70.4 Å². The van der Waals surface area contributed by atoms with E-state index < -0.39 is 0 Å². The minimum Gasteiger partial charge on any atom is -0.456 e. The van der Waals surface area contributed by atoms with Crippen LogP contribution in [0.2, 0.25) is 0 Å². The number of hydrogen-bond donors (Lipinski definition) is 0. The molecule has 0 fully saturated rings. The van der Waals surface area contributed by atoms with Crippen LogP contribution in [0.15, 0.2) is 173 Å². The summed E-state index contributed by atoms with van der Waals surface area (Å²) in [7, 11) is 0. The van der Waals surface area contributed by atoms with Crippen LogP contribution < -0.4 is 4.90 Å². The van der Waals surface area contributed by atoms with Gasteiger partial charge in [0.15, 0.2) is 0 Å². The third kappa shape index (κ3) is 3.93. The molecule has 0 aliphatic rings. The predicted octanol–water partition coefficient (Wildman–Crippen LogP) is 12.9. The molecule has 8 aromatic carbocycles. The lowest BCUT2D eigenvalue weighted by atomic mass is 9.98. The van der Waals surface area contributed by atoms with Gasteiger partial charge in [0.05, 0.1) is 16.8 Å². The van der Waals surface area contributed by atoms with Crippen molar-refractivity contribution >= 4 is 82.5 Å². The molecule has 0 radical (unpaired) electrons. The molecule has 0 saturated carbocycles. The van der Waals surface area contributed by atoms with E-state index >= 15 is 0 Å². The van der Waals surface area contributed by atoms with Gasteiger partial charge in [-0.25, -0.2) is 0 Å². The van der Waals surface area contributed by atoms with Gasteiger partial charge in [0.25, 0.3) is 0 Å². The Kier molecular flexibility index (Phi) is 5.57. The Morgan fingerprint density at radius 1 is 0.383 bits per heavy atom. The van der Waals surface area contributed by atoms with Gasteiger partial charge in [0, 0.05) is 32.6 Å². The van der Waals surface area contributed by atoms with Crippen molar-refractivity contribution in [2.24, 2.45) is 0 Å². The second-order valence-corrected chi connectivity index (χ2v) is 12.1. The number of furan rings is 2. The average molecular weight is 602 g/mol. The van der Waals surface area contributed by atoms with Crippen molar-refractivity contribution in [3.05, 3.63) is 164 Å². The molecular weight excluding hydrogens is 574 g/mol. The van der Waals surface area contributed by atoms with Crippen LogP contribution >= 0.6 is 0 Å². The van der Waals surface area contributed by atoms with E-state index in [1.807, 2.05) is 12.1 Å². The summed E-state index contributed by atoms with van der Waals surface area (Å²) in [6, 6.07) is 57.8. The third-order valence-electron chi connectivity index (χ3n) is 9.43. The van der Waals surface area contributed by atoms with E-state index in [2.05, 4.69) is 157 Å². The fourth-order valence-electron chi connectivity index (χ4n) is 7.36. The fraction of sp³-hybridized carbons (Fsp3) is 0. The summed E-state index contributed by atoms with van der Waals surface area (Å²) in [5.74, 6) is 0. The zero-order chi connectivity index (χ0) is 30.9. The van der Waals surface area contributed by atoms with Crippen molar-refractivity contribution in [3.8, 4) is 11.1 Å². The highest BCUT2D eigenvalue weighted by atomic mass is 16.3. The van der Waals surface area contributed by atoms with Crippen LogP contribution in [0.3, 0.4) is 0 Å². The molecule has 0 bridgehead atoms. The SMILES string of the molecule is c1cc(-c2cccc3oc4ccccc4c23)cc(N(c2cccc3ccccc23)c2cccc3oc4c5ccccc5ccc4c23)c1. The van der Waals surface area contributed by atoms with Crippen molar-refractivity contribution < 1.29 is 8.83 Å². The standard InChI is InChI=1S/C44H27NO2/c1-3-16-32-28(11-1)13-8-20-37(32)45(38-21-10-24-41-43(38)36-26-25-29-12-2-4-17-34(29)44(36)47-41)31-15-7-14-30(27-31)33-19-9-23-40-42(33)35-18-5-6-22-39(35)46-40/h1-27H. The highest BCUT2D eigenvalue weighted by Crippen LogP contribution is 2.47. The topological polar surface area (TPSA) is 29.5 Å². The molecule has 2 heterocycles. The van der Waals surface area contributed by atoms with Crippen LogP contribution in [0.1, 0.15) is 0 Å². The smallest absolute Gasteiger partial charge is 0.143 e. The maximum absolute atomic E-state index is 6.65. The molecule has 3 heteroatoms. The Morgan fingerprint density at radius 3 is 1.91 bits per heavy atom. The van der Waals surface area contributed by atoms with E-state index in [0.717, 1.165) is 77.5 Å². The molecule has 10 aromatic rings. The first-order valence-corrected chi connectivity index (χ1v) is 15.9. The molecule has 10 rings (SSSR count). The first-order valence-electron chi connectivity index (χ1n) is 15.9. The van der Waals surface area contributed by atoms with Crippen molar-refractivity contribution in [1.82, 2.24) is 0 Å². The third-order valence-corrected chi connectivity index (χ3v) is 9.43. The van der Waals surface area contributed by atoms with E-state index in [1.54, 1.807) is 0 Å². The zero-order valence-corrected chi connectivity index (χ0v) is 25.4. The van der Waals surface area contributed by atoms with Crippen molar-refractivity contribution in [3.63, 3.8) is 0 Å². The maximum atomic E-state index is 6.65. The Bertz CT molecular complexity index is 2820. The molecule has 0 saturated heterocycles. The Balaban J connectivity index is 1.27. The number of anilines is 3. The van der Waals surface area contributed by atoms with Gasteiger partial charge in [0.1, 0.15) is 22.3 Å². The van der Waals surface area contributed by atoms with Crippen LogP contribution in [0, 0.1) is 0 Å². The summed E-state index contributed by atoms with van der Waals surface area (Å²) < 4.78 is 12.9. The molecule has 2 aromatic heterocycles. The number of hydrogen-bond acceptors (Lipinski definition) is 3. The molecule has 0 aliphatic carbocycles. The predicted molar refractivity (Wildman–Crippen MR) is 196 cm³/mol. The molecule has 0 N–H and O–H groups in total. The molecular formula is C44H27NO2. The van der Waals surface area contributed by atoms with Gasteiger partial charge < -0.3 is 13.7 Å². The lowest BCUT2D eigenvalue weighted by Gasteiger charge is -2.28. The largest absolute Gasteiger partial charge is 0.456 e. The molecule has 0 unspecified atom stereocenters. The van der Waals surface area contributed by atoms with Gasteiger partial charge in [-0.2, -0.15) is 0 Å². The van der Waals surface area contributed by atoms with E-state index in [0.29, 0.717) is 0 Å². The van der Waals surface area contributed by atoms with E-state index in [1.165, 1.54) is 16.2 Å². The minimum atomic E-state index is 0.866. The number of fused-ring (bicyclic) bond motifs is 9. The minimum absolute atomic E-state index is 0.866. The van der Waals surface area contributed by atoms with Gasteiger partial charge in [-0.3, -0.25) is 0 Å². The summed E-state index contributed by atoms with van der Waals surface area (Å²) in [5, 5.41) is 9.10. The quantitative estimate of drug-likeness (QED) is 0.201. The zero-order valence-electron chi connectivity index (χ0n) is 25.4. The van der Waals surface area contributed by atoms with Crippen LogP contribution in [-0.4, -0.2) is 0 Å². The fourth-order valence-corrected chi connectivity index (χ4v) is 7.36. The second-order valence-electron chi connectivity index (χ2n) is 12.1. The van der Waals surface area contributed by atoms with Crippen LogP contribution in [-0.2, 0) is 0 Å². The number of benzene rings is 8. The lowest BCUT2D eigenvalue weighted by Crippen LogP contribution is -2.11. The number of nitrogens with zero attached hydrogens (tertiary/aromatic N) is 1. The lowest BCUT2D eigenvalue weighted by molar-refractivity contribution is 0.669. The van der Waals surface area contributed by atoms with Crippen molar-refractivity contribution in [2.45, 2.75) is 0 Å². The maximum Gasteiger partial charge on any atom is 0.143 e. The Morgan fingerprint density at radius 2 is 1.02 bits per heavy atom. The molecule has 47 heavy (non-hydrogen) atoms. The molecule has 0 amide bonds. The second kappa shape index (κ2) is 10.1. The summed E-state index contributed by atoms with van der Waals surface area (Å²) in [6.07, 6.45) is 0. The average Bonchev–Trinajstić information content (AvgIpc) is 3.71. The highest BCUT2D eigenvalue weighted by molar-refractivity contribution is 6.20. The van der Waals surface area contributed by atoms with Gasteiger partial charge in [-0.1, -0.05) is 115 Å². The van der Waals surface area contributed by atoms with E-state index in [-0.39, 0.29) is 0 Å². The number of para-hydroxylation sites is 1. The molecule has 0 spiro atoms. The van der Waals surface area contributed by atoms with Crippen LogP contribution in [0.5, 0.6) is 0 Å². The van der Waals surface area contributed by atoms with Gasteiger partial charge in [0.2, 0.25) is 0 Å². The molecule has 0 aliphatic heterocycles. The normalized spacial score (nSPS) is 11.8. The van der Waals surface area contributed by atoms with Crippen LogP contribution in [0.4, 0.5) is 17.1 Å². The van der Waals surface area contributed by atoms with Gasteiger partial charge >= 0.3 is 0 Å². The molecule has 0 atom stereocenters. The van der Waals surface area contributed by atoms with Gasteiger partial charge in [-0.15, -0.1) is 0 Å². The number of rotatable bonds is 4. The summed E-state index contributed by atoms with van der Waals surface area (Å²) in [5.41, 5.74) is 9.07. The molecule has 3 nitrogen and oxygen atoms in total. The summed E-state index contributed by atoms with van der Waals surface area (Å²) >= 11 is 0. The Labute approximate surface area is 270 Å². The van der Waals surface area contributed by atoms with Crippen molar-refractivity contribution in [2.75, 3.05) is 4.90 Å². The summed E-state index contributed by atoms with van der Waals surface area (Å²) in [4.78, 5) is 2.39. The first kappa shape index (κ1) is 26.0. The van der Waals surface area contributed by atoms with Crippen molar-refractivity contribution in [1.29, 1.82) is 0 Å². The highest BCUT2D eigenvalue weighted by Gasteiger charge is 2.22.